The Morgan fingerprint density at radius 3 is 2.10 bits per heavy atom. The second-order valence-corrected chi connectivity index (χ2v) is 8.32. The van der Waals surface area contributed by atoms with Gasteiger partial charge in [0.2, 0.25) is 11.8 Å². The molecule has 1 N–H and O–H groups in total. The minimum Gasteiger partial charge on any atom is -0.342 e. The monoisotopic (exact) mass is 314 g/mol. The Labute approximate surface area is 133 Å². The zero-order chi connectivity index (χ0) is 16.4. The van der Waals surface area contributed by atoms with Crippen molar-refractivity contribution >= 4 is 23.6 Å². The number of rotatable bonds is 5. The highest BCUT2D eigenvalue weighted by Gasteiger charge is 2.45. The van der Waals surface area contributed by atoms with E-state index in [-0.39, 0.29) is 28.0 Å². The lowest BCUT2D eigenvalue weighted by Crippen LogP contribution is -2.67. The summed E-state index contributed by atoms with van der Waals surface area (Å²) < 4.78 is 0.0317. The Kier molecular flexibility index (Phi) is 5.76. The summed E-state index contributed by atoms with van der Waals surface area (Å²) in [7, 11) is 0. The summed E-state index contributed by atoms with van der Waals surface area (Å²) in [5.41, 5.74) is -0.272. The van der Waals surface area contributed by atoms with Crippen LogP contribution < -0.4 is 5.32 Å². The number of thioether (sulfide) groups is 1. The van der Waals surface area contributed by atoms with Crippen LogP contribution in [0.3, 0.4) is 0 Å². The third-order valence-corrected chi connectivity index (χ3v) is 6.28. The fraction of sp³-hybridized carbons (Fsp3) is 0.875. The van der Waals surface area contributed by atoms with Crippen LogP contribution in [0.1, 0.15) is 54.4 Å². The number of hydrogen-bond donors (Lipinski definition) is 1. The molecule has 2 amide bonds. The quantitative estimate of drug-likeness (QED) is 0.849. The second kappa shape index (κ2) is 6.59. The fourth-order valence-electron chi connectivity index (χ4n) is 2.76. The third kappa shape index (κ3) is 3.74. The molecule has 0 spiro atoms. The summed E-state index contributed by atoms with van der Waals surface area (Å²) in [4.78, 5) is 26.9. The highest BCUT2D eigenvalue weighted by Crippen LogP contribution is 2.34. The van der Waals surface area contributed by atoms with Gasteiger partial charge >= 0.3 is 0 Å². The summed E-state index contributed by atoms with van der Waals surface area (Å²) in [6, 6.07) is -0.824. The first-order valence-corrected chi connectivity index (χ1v) is 9.00. The minimum absolute atomic E-state index is 0.0317. The van der Waals surface area contributed by atoms with Gasteiger partial charge < -0.3 is 10.2 Å². The van der Waals surface area contributed by atoms with Crippen molar-refractivity contribution in [3.8, 4) is 0 Å². The zero-order valence-corrected chi connectivity index (χ0v) is 15.3. The van der Waals surface area contributed by atoms with Crippen molar-refractivity contribution in [3.05, 3.63) is 0 Å². The Morgan fingerprint density at radius 2 is 1.71 bits per heavy atom. The van der Waals surface area contributed by atoms with Crippen LogP contribution in [0.5, 0.6) is 0 Å². The number of amides is 2. The number of piperazine rings is 1. The maximum Gasteiger partial charge on any atom is 0.246 e. The molecule has 0 aromatic carbocycles. The van der Waals surface area contributed by atoms with Crippen molar-refractivity contribution in [2.75, 3.05) is 12.8 Å². The van der Waals surface area contributed by atoms with E-state index in [2.05, 4.69) is 25.4 Å². The Morgan fingerprint density at radius 1 is 1.19 bits per heavy atom. The van der Waals surface area contributed by atoms with Gasteiger partial charge in [-0.2, -0.15) is 11.8 Å². The van der Waals surface area contributed by atoms with Crippen molar-refractivity contribution in [1.82, 2.24) is 10.2 Å². The van der Waals surface area contributed by atoms with Crippen LogP contribution >= 0.6 is 11.8 Å². The average molecular weight is 314 g/mol. The van der Waals surface area contributed by atoms with Gasteiger partial charge in [0.25, 0.3) is 0 Å². The lowest BCUT2D eigenvalue weighted by molar-refractivity contribution is -0.152. The minimum atomic E-state index is -0.436. The highest BCUT2D eigenvalue weighted by molar-refractivity contribution is 8.00. The molecule has 1 aliphatic rings. The number of nitrogens with one attached hydrogen (secondary N) is 1. The summed E-state index contributed by atoms with van der Waals surface area (Å²) in [5.74, 6) is 0.00617. The molecule has 0 saturated carbocycles. The Hall–Kier alpha value is -0.710. The molecule has 0 aliphatic carbocycles. The average Bonchev–Trinajstić information content (AvgIpc) is 2.43. The number of carbonyl (C=O) groups excluding carboxylic acids is 2. The molecule has 4 nitrogen and oxygen atoms in total. The molecule has 122 valence electrons. The Balaban J connectivity index is 3.07. The van der Waals surface area contributed by atoms with Gasteiger partial charge in [0, 0.05) is 11.3 Å². The van der Waals surface area contributed by atoms with E-state index >= 15 is 0 Å². The summed E-state index contributed by atoms with van der Waals surface area (Å²) in [6.07, 6.45) is 4.07. The summed E-state index contributed by atoms with van der Waals surface area (Å²) >= 11 is 1.80. The molecule has 1 saturated heterocycles. The van der Waals surface area contributed by atoms with Crippen LogP contribution in [0.4, 0.5) is 0 Å². The predicted molar refractivity (Wildman–Crippen MR) is 89.4 cm³/mol. The van der Waals surface area contributed by atoms with E-state index < -0.39 is 6.04 Å². The van der Waals surface area contributed by atoms with Gasteiger partial charge in [0.15, 0.2) is 0 Å². The molecular formula is C16H30N2O2S. The van der Waals surface area contributed by atoms with Gasteiger partial charge in [-0.1, -0.05) is 34.6 Å². The van der Waals surface area contributed by atoms with Crippen LogP contribution in [0.2, 0.25) is 0 Å². The molecule has 5 heteroatoms. The first kappa shape index (κ1) is 18.3. The molecule has 2 atom stereocenters. The first-order valence-electron chi connectivity index (χ1n) is 7.78. The fourth-order valence-corrected chi connectivity index (χ4v) is 3.61. The van der Waals surface area contributed by atoms with Crippen molar-refractivity contribution < 1.29 is 9.59 Å². The smallest absolute Gasteiger partial charge is 0.246 e. The SMILES string of the molecule is CCC(CC)(CN1C(=O)C(C(C)(C)C)NC(=O)C1C)SC. The lowest BCUT2D eigenvalue weighted by Gasteiger charge is -2.45. The second-order valence-electron chi connectivity index (χ2n) is 7.04. The van der Waals surface area contributed by atoms with Crippen LogP contribution in [0.25, 0.3) is 0 Å². The first-order chi connectivity index (χ1) is 9.61. The van der Waals surface area contributed by atoms with E-state index in [1.807, 2.05) is 27.7 Å². The van der Waals surface area contributed by atoms with Crippen molar-refractivity contribution in [2.24, 2.45) is 5.41 Å². The van der Waals surface area contributed by atoms with E-state index in [0.717, 1.165) is 12.8 Å². The van der Waals surface area contributed by atoms with E-state index in [1.165, 1.54) is 0 Å². The molecule has 1 rings (SSSR count). The Bertz CT molecular complexity index is 391. The largest absolute Gasteiger partial charge is 0.342 e. The molecule has 0 aromatic rings. The van der Waals surface area contributed by atoms with Gasteiger partial charge in [0.05, 0.1) is 0 Å². The van der Waals surface area contributed by atoms with Gasteiger partial charge in [-0.3, -0.25) is 9.59 Å². The number of hydrogen-bond acceptors (Lipinski definition) is 3. The lowest BCUT2D eigenvalue weighted by atomic mass is 9.83. The van der Waals surface area contributed by atoms with Crippen LogP contribution in [-0.2, 0) is 9.59 Å². The predicted octanol–water partition coefficient (Wildman–Crippen LogP) is 2.67. The topological polar surface area (TPSA) is 49.4 Å². The summed E-state index contributed by atoms with van der Waals surface area (Å²) in [5, 5.41) is 2.89. The number of nitrogens with zero attached hydrogens (tertiary/aromatic N) is 1. The molecular weight excluding hydrogens is 284 g/mol. The van der Waals surface area contributed by atoms with Crippen molar-refractivity contribution in [3.63, 3.8) is 0 Å². The van der Waals surface area contributed by atoms with Crippen LogP contribution in [-0.4, -0.2) is 46.3 Å². The molecule has 0 aromatic heterocycles. The van der Waals surface area contributed by atoms with Crippen LogP contribution in [0.15, 0.2) is 0 Å². The van der Waals surface area contributed by atoms with Crippen molar-refractivity contribution in [2.45, 2.75) is 71.2 Å². The highest BCUT2D eigenvalue weighted by atomic mass is 32.2. The zero-order valence-electron chi connectivity index (χ0n) is 14.4. The van der Waals surface area contributed by atoms with E-state index in [4.69, 9.17) is 0 Å². The van der Waals surface area contributed by atoms with Gasteiger partial charge in [-0.15, -0.1) is 0 Å². The molecule has 2 unspecified atom stereocenters. The van der Waals surface area contributed by atoms with Crippen LogP contribution in [0, 0.1) is 5.41 Å². The van der Waals surface area contributed by atoms with Gasteiger partial charge in [0.1, 0.15) is 12.1 Å². The standard InChI is InChI=1S/C16H30N2O2S/c1-8-16(9-2,21-7)10-18-11(3)13(19)17-12(14(18)20)15(4,5)6/h11-12H,8-10H2,1-7H3,(H,17,19). The molecule has 0 bridgehead atoms. The molecule has 1 aliphatic heterocycles. The molecule has 1 heterocycles. The van der Waals surface area contributed by atoms with E-state index in [0.29, 0.717) is 6.54 Å². The number of carbonyl (C=O) groups is 2. The van der Waals surface area contributed by atoms with Gasteiger partial charge in [-0.25, -0.2) is 0 Å². The maximum absolute atomic E-state index is 12.9. The van der Waals surface area contributed by atoms with Gasteiger partial charge in [-0.05, 0) is 31.4 Å². The normalized spacial score (nSPS) is 24.2. The molecule has 0 radical (unpaired) electrons. The molecule has 21 heavy (non-hydrogen) atoms. The van der Waals surface area contributed by atoms with E-state index in [1.54, 1.807) is 16.7 Å². The van der Waals surface area contributed by atoms with E-state index in [9.17, 15) is 9.59 Å². The van der Waals surface area contributed by atoms with Crippen molar-refractivity contribution in [1.29, 1.82) is 0 Å². The summed E-state index contributed by atoms with van der Waals surface area (Å²) in [6.45, 7) is 12.7. The third-order valence-electron chi connectivity index (χ3n) is 4.71. The maximum atomic E-state index is 12.9. The molecule has 1 fully saturated rings.